The average molecular weight is 288 g/mol. The van der Waals surface area contributed by atoms with Gasteiger partial charge in [0.2, 0.25) is 5.82 Å². The smallest absolute Gasteiger partial charge is 0.263 e. The number of methoxy groups -OCH3 is 1. The number of benzene rings is 1. The molecule has 6 nitrogen and oxygen atoms in total. The molecule has 2 aromatic heterocycles. The lowest BCUT2D eigenvalue weighted by Crippen LogP contribution is -1.87. The molecule has 0 aliphatic rings. The van der Waals surface area contributed by atoms with E-state index in [1.807, 2.05) is 31.2 Å². The summed E-state index contributed by atoms with van der Waals surface area (Å²) in [5, 5.41) is 4.55. The van der Waals surface area contributed by atoms with Crippen molar-refractivity contribution in [1.29, 1.82) is 0 Å². The molecule has 0 bridgehead atoms. The van der Waals surface area contributed by atoms with E-state index in [9.17, 15) is 0 Å². The van der Waals surface area contributed by atoms with Gasteiger partial charge < -0.3 is 15.0 Å². The third-order valence-electron chi connectivity index (χ3n) is 2.86. The molecule has 0 aliphatic heterocycles. The maximum absolute atomic E-state index is 5.88. The number of aryl methyl sites for hydroxylation is 1. The summed E-state index contributed by atoms with van der Waals surface area (Å²) in [6, 6.07) is 7.46. The quantitative estimate of drug-likeness (QED) is 0.797. The molecule has 0 unspecified atom stereocenters. The number of ether oxygens (including phenoxy) is 1. The summed E-state index contributed by atoms with van der Waals surface area (Å²) in [6.45, 7) is 1.86. The zero-order valence-electron chi connectivity index (χ0n) is 11.0. The van der Waals surface area contributed by atoms with E-state index in [-0.39, 0.29) is 0 Å². The zero-order valence-corrected chi connectivity index (χ0v) is 11.8. The Balaban J connectivity index is 2.02. The summed E-state index contributed by atoms with van der Waals surface area (Å²) in [5.41, 5.74) is 8.18. The minimum atomic E-state index is 0.381. The fourth-order valence-electron chi connectivity index (χ4n) is 1.85. The number of hydrogen-bond acceptors (Lipinski definition) is 7. The van der Waals surface area contributed by atoms with Crippen LogP contribution in [0.2, 0.25) is 0 Å². The van der Waals surface area contributed by atoms with Gasteiger partial charge in [0, 0.05) is 5.56 Å². The lowest BCUT2D eigenvalue weighted by atomic mass is 10.2. The van der Waals surface area contributed by atoms with Crippen molar-refractivity contribution < 1.29 is 9.26 Å². The van der Waals surface area contributed by atoms with E-state index in [1.165, 1.54) is 11.5 Å². The molecule has 0 saturated heterocycles. The van der Waals surface area contributed by atoms with Crippen LogP contribution < -0.4 is 10.5 Å². The first-order chi connectivity index (χ1) is 9.69. The Bertz CT molecular complexity index is 731. The van der Waals surface area contributed by atoms with Crippen LogP contribution in [-0.4, -0.2) is 21.6 Å². The second-order valence-electron chi connectivity index (χ2n) is 4.16. The molecule has 3 aromatic rings. The predicted molar refractivity (Wildman–Crippen MR) is 76.5 cm³/mol. The van der Waals surface area contributed by atoms with E-state index in [4.69, 9.17) is 15.0 Å². The molecule has 1 aromatic carbocycles. The Morgan fingerprint density at radius 1 is 1.35 bits per heavy atom. The van der Waals surface area contributed by atoms with Crippen LogP contribution in [0.1, 0.15) is 5.69 Å². The van der Waals surface area contributed by atoms with Crippen LogP contribution in [0.25, 0.3) is 22.8 Å². The zero-order chi connectivity index (χ0) is 14.1. The molecule has 20 heavy (non-hydrogen) atoms. The van der Waals surface area contributed by atoms with Crippen molar-refractivity contribution in [1.82, 2.24) is 14.5 Å². The fraction of sp³-hybridized carbons (Fsp3) is 0.154. The molecule has 102 valence electrons. The minimum Gasteiger partial charge on any atom is -0.497 e. The van der Waals surface area contributed by atoms with Crippen molar-refractivity contribution in [2.45, 2.75) is 6.92 Å². The van der Waals surface area contributed by atoms with Crippen LogP contribution in [0.5, 0.6) is 5.75 Å². The molecule has 0 atom stereocenters. The average Bonchev–Trinajstić information content (AvgIpc) is 3.06. The van der Waals surface area contributed by atoms with Crippen molar-refractivity contribution in [3.63, 3.8) is 0 Å². The monoisotopic (exact) mass is 288 g/mol. The maximum atomic E-state index is 5.88. The van der Waals surface area contributed by atoms with Crippen LogP contribution in [0, 0.1) is 6.92 Å². The first kappa shape index (κ1) is 12.6. The predicted octanol–water partition coefficient (Wildman–Crippen LogP) is 2.76. The van der Waals surface area contributed by atoms with E-state index in [2.05, 4.69) is 14.5 Å². The van der Waals surface area contributed by atoms with Crippen LogP contribution >= 0.6 is 11.5 Å². The number of hydrogen-bond donors (Lipinski definition) is 1. The van der Waals surface area contributed by atoms with Crippen molar-refractivity contribution in [3.05, 3.63) is 30.0 Å². The lowest BCUT2D eigenvalue weighted by Gasteiger charge is -1.99. The van der Waals surface area contributed by atoms with Crippen LogP contribution in [-0.2, 0) is 0 Å². The van der Waals surface area contributed by atoms with Crippen molar-refractivity contribution in [2.24, 2.45) is 0 Å². The molecule has 0 fully saturated rings. The molecule has 0 saturated carbocycles. The molecule has 3 rings (SSSR count). The highest BCUT2D eigenvalue weighted by atomic mass is 32.1. The Labute approximate surface area is 119 Å². The first-order valence-corrected chi connectivity index (χ1v) is 6.66. The van der Waals surface area contributed by atoms with Gasteiger partial charge in [-0.2, -0.15) is 9.36 Å². The van der Waals surface area contributed by atoms with Crippen LogP contribution in [0.15, 0.2) is 28.8 Å². The molecule has 0 aliphatic carbocycles. The third kappa shape index (κ3) is 2.12. The van der Waals surface area contributed by atoms with E-state index in [1.54, 1.807) is 7.11 Å². The summed E-state index contributed by atoms with van der Waals surface area (Å²) in [6.07, 6.45) is 0. The molecule has 0 spiro atoms. The Morgan fingerprint density at radius 3 is 2.90 bits per heavy atom. The summed E-state index contributed by atoms with van der Waals surface area (Å²) in [4.78, 5) is 4.37. The van der Waals surface area contributed by atoms with Gasteiger partial charge in [0.25, 0.3) is 5.89 Å². The van der Waals surface area contributed by atoms with Gasteiger partial charge in [-0.3, -0.25) is 0 Å². The number of rotatable bonds is 3. The highest BCUT2D eigenvalue weighted by Gasteiger charge is 2.18. The highest BCUT2D eigenvalue weighted by Crippen LogP contribution is 2.32. The molecular weight excluding hydrogens is 276 g/mol. The van der Waals surface area contributed by atoms with E-state index in [0.29, 0.717) is 22.3 Å². The van der Waals surface area contributed by atoms with Gasteiger partial charge in [0.05, 0.1) is 18.4 Å². The highest BCUT2D eigenvalue weighted by molar-refractivity contribution is 7.10. The number of nitrogens with two attached hydrogens (primary N) is 1. The number of aromatic nitrogens is 3. The molecular formula is C13H12N4O2S. The van der Waals surface area contributed by atoms with Crippen molar-refractivity contribution in [3.8, 4) is 28.6 Å². The number of nitrogen functional groups attached to an aromatic ring is 1. The molecule has 0 radical (unpaired) electrons. The van der Waals surface area contributed by atoms with Crippen molar-refractivity contribution in [2.75, 3.05) is 12.8 Å². The maximum Gasteiger partial charge on any atom is 0.263 e. The standard InChI is InChI=1S/C13H12N4O2S/c1-7-10(11(14)20-17-7)13-15-12(16-19-13)8-4-3-5-9(6-8)18-2/h3-6H,14H2,1-2H3. The second kappa shape index (κ2) is 4.93. The number of nitrogens with zero attached hydrogens (tertiary/aromatic N) is 3. The van der Waals surface area contributed by atoms with Gasteiger partial charge in [-0.15, -0.1) is 0 Å². The normalized spacial score (nSPS) is 10.7. The van der Waals surface area contributed by atoms with Gasteiger partial charge in [0.1, 0.15) is 10.8 Å². The Hall–Kier alpha value is -2.41. The third-order valence-corrected chi connectivity index (χ3v) is 3.62. The largest absolute Gasteiger partial charge is 0.497 e. The van der Waals surface area contributed by atoms with E-state index >= 15 is 0 Å². The van der Waals surface area contributed by atoms with Gasteiger partial charge in [-0.1, -0.05) is 17.3 Å². The van der Waals surface area contributed by atoms with Gasteiger partial charge in [-0.25, -0.2) is 0 Å². The first-order valence-electron chi connectivity index (χ1n) is 5.89. The summed E-state index contributed by atoms with van der Waals surface area (Å²) >= 11 is 1.22. The minimum absolute atomic E-state index is 0.381. The topological polar surface area (TPSA) is 87.1 Å². The van der Waals surface area contributed by atoms with Crippen molar-refractivity contribution >= 4 is 16.5 Å². The lowest BCUT2D eigenvalue weighted by molar-refractivity contribution is 0.414. The fourth-order valence-corrected chi connectivity index (χ4v) is 2.50. The molecule has 0 amide bonds. The molecule has 2 N–H and O–H groups in total. The SMILES string of the molecule is COc1cccc(-c2noc(-c3c(C)nsc3N)n2)c1. The van der Waals surface area contributed by atoms with E-state index < -0.39 is 0 Å². The number of anilines is 1. The van der Waals surface area contributed by atoms with Gasteiger partial charge in [0.15, 0.2) is 0 Å². The van der Waals surface area contributed by atoms with Gasteiger partial charge in [-0.05, 0) is 30.6 Å². The molecule has 2 heterocycles. The summed E-state index contributed by atoms with van der Waals surface area (Å²) in [5.74, 6) is 1.61. The Kier molecular flexibility index (Phi) is 3.11. The Morgan fingerprint density at radius 2 is 2.20 bits per heavy atom. The van der Waals surface area contributed by atoms with E-state index in [0.717, 1.165) is 17.0 Å². The summed E-state index contributed by atoms with van der Waals surface area (Å²) < 4.78 is 14.6. The molecule has 7 heteroatoms. The van der Waals surface area contributed by atoms with Crippen LogP contribution in [0.3, 0.4) is 0 Å². The van der Waals surface area contributed by atoms with Crippen LogP contribution in [0.4, 0.5) is 5.00 Å². The van der Waals surface area contributed by atoms with Gasteiger partial charge >= 0.3 is 0 Å². The second-order valence-corrected chi connectivity index (χ2v) is 4.97. The summed E-state index contributed by atoms with van der Waals surface area (Å²) in [7, 11) is 1.61.